The van der Waals surface area contributed by atoms with Crippen LogP contribution in [0.15, 0.2) is 55.1 Å². The fourth-order valence-corrected chi connectivity index (χ4v) is 2.84. The summed E-state index contributed by atoms with van der Waals surface area (Å²) in [5.74, 6) is -0.272. The highest BCUT2D eigenvalue weighted by Crippen LogP contribution is 2.31. The first-order valence-electron chi connectivity index (χ1n) is 8.67. The van der Waals surface area contributed by atoms with Crippen molar-refractivity contribution in [2.24, 2.45) is 0 Å². The smallest absolute Gasteiger partial charge is 0.175 e. The zero-order valence-corrected chi connectivity index (χ0v) is 14.9. The number of pyridine rings is 1. The maximum atomic E-state index is 13.3. The molecule has 3 aromatic rings. The molecule has 26 heavy (non-hydrogen) atoms. The first-order valence-corrected chi connectivity index (χ1v) is 8.67. The summed E-state index contributed by atoms with van der Waals surface area (Å²) in [5.41, 5.74) is 3.52. The lowest BCUT2D eigenvalue weighted by Gasteiger charge is -2.19. The number of imidazole rings is 1. The summed E-state index contributed by atoms with van der Waals surface area (Å²) in [5, 5.41) is 0. The molecule has 2 aromatic heterocycles. The largest absolute Gasteiger partial charge is 0.351 e. The second-order valence-corrected chi connectivity index (χ2v) is 5.68. The highest BCUT2D eigenvalue weighted by atomic mass is 19.1. The van der Waals surface area contributed by atoms with Gasteiger partial charge in [-0.05, 0) is 50.2 Å². The van der Waals surface area contributed by atoms with Gasteiger partial charge < -0.3 is 14.0 Å². The standard InChI is InChI=1S/C20H22FN3O2/c1-3-25-18(26-4-2)13-24-14-23-19(15-5-7-17(21)8-6-15)20(24)16-9-11-22-12-10-16/h5-12,14,18H,3-4,13H2,1-2H3. The first kappa shape index (κ1) is 18.2. The Balaban J connectivity index is 2.03. The van der Waals surface area contributed by atoms with Crippen molar-refractivity contribution in [3.63, 3.8) is 0 Å². The predicted molar refractivity (Wildman–Crippen MR) is 97.9 cm³/mol. The molecule has 6 heteroatoms. The Hall–Kier alpha value is -2.57. The van der Waals surface area contributed by atoms with E-state index < -0.39 is 0 Å². The van der Waals surface area contributed by atoms with Crippen LogP contribution in [0.5, 0.6) is 0 Å². The van der Waals surface area contributed by atoms with E-state index in [0.29, 0.717) is 19.8 Å². The zero-order chi connectivity index (χ0) is 18.4. The van der Waals surface area contributed by atoms with Crippen molar-refractivity contribution in [2.45, 2.75) is 26.7 Å². The Morgan fingerprint density at radius 1 is 0.962 bits per heavy atom. The number of aromatic nitrogens is 3. The van der Waals surface area contributed by atoms with Gasteiger partial charge in [0.05, 0.1) is 24.3 Å². The van der Waals surface area contributed by atoms with Crippen LogP contribution in [-0.4, -0.2) is 34.0 Å². The molecular weight excluding hydrogens is 333 g/mol. The lowest BCUT2D eigenvalue weighted by atomic mass is 10.1. The molecule has 0 N–H and O–H groups in total. The van der Waals surface area contributed by atoms with E-state index in [9.17, 15) is 4.39 Å². The van der Waals surface area contributed by atoms with Gasteiger partial charge in [-0.15, -0.1) is 0 Å². The van der Waals surface area contributed by atoms with Gasteiger partial charge in [-0.1, -0.05) is 0 Å². The average Bonchev–Trinajstić information content (AvgIpc) is 3.07. The lowest BCUT2D eigenvalue weighted by molar-refractivity contribution is -0.143. The molecule has 0 aliphatic heterocycles. The van der Waals surface area contributed by atoms with Crippen molar-refractivity contribution in [3.8, 4) is 22.5 Å². The van der Waals surface area contributed by atoms with Crippen LogP contribution in [0.1, 0.15) is 13.8 Å². The normalized spacial score (nSPS) is 11.2. The molecule has 0 bridgehead atoms. The highest BCUT2D eigenvalue weighted by Gasteiger charge is 2.18. The van der Waals surface area contributed by atoms with E-state index in [1.54, 1.807) is 30.9 Å². The number of rotatable bonds is 8. The van der Waals surface area contributed by atoms with Gasteiger partial charge in [0.1, 0.15) is 5.82 Å². The van der Waals surface area contributed by atoms with E-state index in [2.05, 4.69) is 9.97 Å². The minimum atomic E-state index is -0.360. The average molecular weight is 355 g/mol. The van der Waals surface area contributed by atoms with Crippen molar-refractivity contribution in [1.82, 2.24) is 14.5 Å². The Bertz CT molecular complexity index is 813. The summed E-state index contributed by atoms with van der Waals surface area (Å²) in [4.78, 5) is 8.66. The fraction of sp³-hybridized carbons (Fsp3) is 0.300. The van der Waals surface area contributed by atoms with Crippen molar-refractivity contribution in [2.75, 3.05) is 13.2 Å². The van der Waals surface area contributed by atoms with Crippen molar-refractivity contribution < 1.29 is 13.9 Å². The van der Waals surface area contributed by atoms with E-state index in [1.165, 1.54) is 12.1 Å². The number of nitrogens with zero attached hydrogens (tertiary/aromatic N) is 3. The maximum Gasteiger partial charge on any atom is 0.175 e. The van der Waals surface area contributed by atoms with Crippen LogP contribution in [-0.2, 0) is 16.0 Å². The van der Waals surface area contributed by atoms with Crippen LogP contribution in [0.4, 0.5) is 4.39 Å². The second-order valence-electron chi connectivity index (χ2n) is 5.68. The minimum absolute atomic E-state index is 0.272. The van der Waals surface area contributed by atoms with Crippen LogP contribution >= 0.6 is 0 Å². The maximum absolute atomic E-state index is 13.3. The van der Waals surface area contributed by atoms with Crippen LogP contribution in [0, 0.1) is 5.82 Å². The van der Waals surface area contributed by atoms with Gasteiger partial charge in [0.2, 0.25) is 0 Å². The predicted octanol–water partition coefficient (Wildman–Crippen LogP) is 4.15. The number of hydrogen-bond donors (Lipinski definition) is 0. The van der Waals surface area contributed by atoms with Crippen LogP contribution < -0.4 is 0 Å². The van der Waals surface area contributed by atoms with E-state index in [-0.39, 0.29) is 12.1 Å². The van der Waals surface area contributed by atoms with Crippen molar-refractivity contribution in [3.05, 3.63) is 60.9 Å². The molecule has 0 aliphatic rings. The van der Waals surface area contributed by atoms with E-state index >= 15 is 0 Å². The molecule has 136 valence electrons. The zero-order valence-electron chi connectivity index (χ0n) is 14.9. The summed E-state index contributed by atoms with van der Waals surface area (Å²) >= 11 is 0. The van der Waals surface area contributed by atoms with E-state index in [0.717, 1.165) is 22.5 Å². The third kappa shape index (κ3) is 4.15. The third-order valence-corrected chi connectivity index (χ3v) is 3.96. The molecule has 0 fully saturated rings. The minimum Gasteiger partial charge on any atom is -0.351 e. The summed E-state index contributed by atoms with van der Waals surface area (Å²) in [7, 11) is 0. The molecule has 0 saturated heterocycles. The highest BCUT2D eigenvalue weighted by molar-refractivity contribution is 5.78. The number of halogens is 1. The molecule has 5 nitrogen and oxygen atoms in total. The fourth-order valence-electron chi connectivity index (χ4n) is 2.84. The Morgan fingerprint density at radius 2 is 1.62 bits per heavy atom. The van der Waals surface area contributed by atoms with Gasteiger partial charge in [-0.3, -0.25) is 4.98 Å². The summed E-state index contributed by atoms with van der Waals surface area (Å²) in [6, 6.07) is 10.2. The summed E-state index contributed by atoms with van der Waals surface area (Å²) in [6.45, 7) is 5.51. The summed E-state index contributed by atoms with van der Waals surface area (Å²) in [6.07, 6.45) is 4.88. The SMILES string of the molecule is CCOC(Cn1cnc(-c2ccc(F)cc2)c1-c1ccncc1)OCC. The molecule has 3 rings (SSSR count). The topological polar surface area (TPSA) is 49.2 Å². The van der Waals surface area contributed by atoms with E-state index in [1.807, 2.05) is 30.5 Å². The molecule has 0 amide bonds. The molecule has 0 saturated carbocycles. The van der Waals surface area contributed by atoms with Crippen molar-refractivity contribution in [1.29, 1.82) is 0 Å². The van der Waals surface area contributed by atoms with Crippen molar-refractivity contribution >= 4 is 0 Å². The second kappa shape index (κ2) is 8.69. The molecule has 2 heterocycles. The molecule has 0 atom stereocenters. The Labute approximate surface area is 152 Å². The molecule has 0 radical (unpaired) electrons. The first-order chi connectivity index (χ1) is 12.7. The quantitative estimate of drug-likeness (QED) is 0.570. The van der Waals surface area contributed by atoms with Gasteiger partial charge in [-0.25, -0.2) is 9.37 Å². The molecule has 0 spiro atoms. The number of benzene rings is 1. The van der Waals surface area contributed by atoms with Crippen LogP contribution in [0.3, 0.4) is 0 Å². The number of hydrogen-bond acceptors (Lipinski definition) is 4. The molecule has 0 aliphatic carbocycles. The molecular formula is C20H22FN3O2. The monoisotopic (exact) mass is 355 g/mol. The number of ether oxygens (including phenoxy) is 2. The Kier molecular flexibility index (Phi) is 6.09. The van der Waals surface area contributed by atoms with E-state index in [4.69, 9.17) is 9.47 Å². The van der Waals surface area contributed by atoms with Crippen LogP contribution in [0.2, 0.25) is 0 Å². The van der Waals surface area contributed by atoms with Crippen LogP contribution in [0.25, 0.3) is 22.5 Å². The van der Waals surface area contributed by atoms with Gasteiger partial charge in [0.25, 0.3) is 0 Å². The summed E-state index contributed by atoms with van der Waals surface area (Å²) < 4.78 is 26.7. The molecule has 1 aromatic carbocycles. The van der Waals surface area contributed by atoms with Gasteiger partial charge in [0.15, 0.2) is 6.29 Å². The Morgan fingerprint density at radius 3 is 2.23 bits per heavy atom. The van der Waals surface area contributed by atoms with Gasteiger partial charge >= 0.3 is 0 Å². The lowest BCUT2D eigenvalue weighted by Crippen LogP contribution is -2.23. The molecule has 0 unspecified atom stereocenters. The van der Waals surface area contributed by atoms with Gasteiger partial charge in [-0.2, -0.15) is 0 Å². The third-order valence-electron chi connectivity index (χ3n) is 3.96. The van der Waals surface area contributed by atoms with Gasteiger partial charge in [0, 0.05) is 36.7 Å².